The van der Waals surface area contributed by atoms with Crippen molar-refractivity contribution in [1.29, 1.82) is 0 Å². The summed E-state index contributed by atoms with van der Waals surface area (Å²) in [5.74, 6) is -1.28. The smallest absolute Gasteiger partial charge is 0.327 e. The van der Waals surface area contributed by atoms with Gasteiger partial charge in [0.1, 0.15) is 17.5 Å². The molecule has 2 saturated heterocycles. The van der Waals surface area contributed by atoms with Gasteiger partial charge in [-0.05, 0) is 26.7 Å². The number of aliphatic carboxylic acids is 1. The summed E-state index contributed by atoms with van der Waals surface area (Å²) in [6.07, 6.45) is 1.77. The van der Waals surface area contributed by atoms with E-state index in [9.17, 15) is 19.5 Å². The van der Waals surface area contributed by atoms with Crippen LogP contribution in [-0.4, -0.2) is 50.0 Å². The normalized spacial score (nSPS) is 35.6. The molecule has 0 bridgehead atoms. The molecule has 3 aliphatic rings. The Labute approximate surface area is 114 Å². The molecule has 0 aromatic carbocycles. The summed E-state index contributed by atoms with van der Waals surface area (Å²) in [7, 11) is 0. The zero-order valence-corrected chi connectivity index (χ0v) is 11.6. The van der Waals surface area contributed by atoms with Crippen LogP contribution in [0.2, 0.25) is 0 Å². The number of carboxylic acid groups (broad SMARTS) is 1. The molecule has 2 N–H and O–H groups in total. The van der Waals surface area contributed by atoms with Crippen LogP contribution < -0.4 is 5.32 Å². The molecule has 2 amide bonds. The summed E-state index contributed by atoms with van der Waals surface area (Å²) < 4.78 is -0.536. The molecule has 3 rings (SSSR count). The van der Waals surface area contributed by atoms with Gasteiger partial charge in [-0.1, -0.05) is 0 Å². The molecule has 104 valence electrons. The number of thioether (sulfide) groups is 1. The molecule has 6 nitrogen and oxygen atoms in total. The van der Waals surface area contributed by atoms with E-state index in [0.29, 0.717) is 0 Å². The summed E-state index contributed by atoms with van der Waals surface area (Å²) in [4.78, 5) is 36.5. The van der Waals surface area contributed by atoms with E-state index in [1.807, 2.05) is 13.8 Å². The molecule has 0 aromatic rings. The standard InChI is InChI=1S/C12H16N2O4S/c1-12(2)7(11(17)18)14-9(16)6(10(14)19-12)13-8(15)5-3-4-5/h5-7,10H,3-4H2,1-2H3,(H,13,15)(H,17,18)/t6-,7+,10-/m1/s1. The van der Waals surface area contributed by atoms with Gasteiger partial charge in [0.2, 0.25) is 11.8 Å². The number of fused-ring (bicyclic) bond motifs is 1. The van der Waals surface area contributed by atoms with Crippen molar-refractivity contribution in [2.24, 2.45) is 5.92 Å². The number of rotatable bonds is 3. The van der Waals surface area contributed by atoms with Crippen molar-refractivity contribution >= 4 is 29.5 Å². The summed E-state index contributed by atoms with van der Waals surface area (Å²) in [5.41, 5.74) is 0. The Bertz CT molecular complexity index is 474. The predicted molar refractivity (Wildman–Crippen MR) is 68.4 cm³/mol. The molecule has 1 saturated carbocycles. The summed E-state index contributed by atoms with van der Waals surface area (Å²) in [6.45, 7) is 3.64. The minimum Gasteiger partial charge on any atom is -0.480 e. The third-order valence-corrected chi connectivity index (χ3v) is 5.49. The Morgan fingerprint density at radius 2 is 2.05 bits per heavy atom. The lowest BCUT2D eigenvalue weighted by atomic mass is 9.96. The fourth-order valence-corrected chi connectivity index (χ4v) is 4.39. The number of nitrogens with zero attached hydrogens (tertiary/aromatic N) is 1. The minimum atomic E-state index is -0.986. The molecular weight excluding hydrogens is 268 g/mol. The van der Waals surface area contributed by atoms with E-state index in [-0.39, 0.29) is 23.1 Å². The fourth-order valence-electron chi connectivity index (χ4n) is 2.76. The van der Waals surface area contributed by atoms with Gasteiger partial charge in [-0.3, -0.25) is 9.59 Å². The Morgan fingerprint density at radius 1 is 1.42 bits per heavy atom. The van der Waals surface area contributed by atoms with Crippen LogP contribution in [0.25, 0.3) is 0 Å². The van der Waals surface area contributed by atoms with Crippen molar-refractivity contribution in [3.8, 4) is 0 Å². The number of carbonyl (C=O) groups excluding carboxylic acids is 2. The second-order valence-corrected chi connectivity index (χ2v) is 7.63. The van der Waals surface area contributed by atoms with Crippen molar-refractivity contribution in [3.63, 3.8) is 0 Å². The fraction of sp³-hybridized carbons (Fsp3) is 0.750. The van der Waals surface area contributed by atoms with Crippen molar-refractivity contribution < 1.29 is 19.5 Å². The maximum absolute atomic E-state index is 12.1. The van der Waals surface area contributed by atoms with E-state index < -0.39 is 22.8 Å². The third-order valence-electron chi connectivity index (χ3n) is 3.92. The molecule has 0 unspecified atom stereocenters. The molecule has 3 fully saturated rings. The van der Waals surface area contributed by atoms with Crippen LogP contribution in [0.3, 0.4) is 0 Å². The van der Waals surface area contributed by atoms with E-state index in [2.05, 4.69) is 5.32 Å². The molecule has 0 spiro atoms. The molecule has 19 heavy (non-hydrogen) atoms. The second kappa shape index (κ2) is 3.88. The highest BCUT2D eigenvalue weighted by Crippen LogP contribution is 2.50. The van der Waals surface area contributed by atoms with Crippen molar-refractivity contribution in [2.75, 3.05) is 0 Å². The van der Waals surface area contributed by atoms with E-state index in [0.717, 1.165) is 12.8 Å². The average Bonchev–Trinajstić information content (AvgIpc) is 3.10. The maximum Gasteiger partial charge on any atom is 0.327 e. The molecule has 3 atom stereocenters. The number of hydrogen-bond acceptors (Lipinski definition) is 4. The van der Waals surface area contributed by atoms with Crippen molar-refractivity contribution in [1.82, 2.24) is 10.2 Å². The molecule has 0 radical (unpaired) electrons. The number of carboxylic acids is 1. The first-order chi connectivity index (χ1) is 8.83. The van der Waals surface area contributed by atoms with E-state index in [1.165, 1.54) is 16.7 Å². The summed E-state index contributed by atoms with van der Waals surface area (Å²) in [6, 6.07) is -1.37. The van der Waals surface area contributed by atoms with Gasteiger partial charge in [0.25, 0.3) is 0 Å². The first-order valence-corrected chi connectivity index (χ1v) is 7.24. The number of carbonyl (C=O) groups is 3. The Kier molecular flexibility index (Phi) is 2.61. The highest BCUT2D eigenvalue weighted by molar-refractivity contribution is 8.01. The van der Waals surface area contributed by atoms with Crippen LogP contribution in [0.4, 0.5) is 0 Å². The van der Waals surface area contributed by atoms with Crippen LogP contribution in [0.5, 0.6) is 0 Å². The van der Waals surface area contributed by atoms with Gasteiger partial charge in [-0.2, -0.15) is 0 Å². The maximum atomic E-state index is 12.1. The lowest BCUT2D eigenvalue weighted by molar-refractivity contribution is -0.161. The van der Waals surface area contributed by atoms with Crippen LogP contribution in [0.15, 0.2) is 0 Å². The SMILES string of the molecule is CC1(C)S[C@@H]2[C@H](NC(=O)C3CC3)C(=O)N2[C@H]1C(=O)O. The van der Waals surface area contributed by atoms with Crippen LogP contribution in [0, 0.1) is 5.92 Å². The van der Waals surface area contributed by atoms with Crippen molar-refractivity contribution in [2.45, 2.75) is 48.9 Å². The van der Waals surface area contributed by atoms with Gasteiger partial charge in [-0.15, -0.1) is 11.8 Å². The number of amides is 2. The first kappa shape index (κ1) is 12.8. The predicted octanol–water partition coefficient (Wildman–Crippen LogP) is 0.0281. The van der Waals surface area contributed by atoms with E-state index in [4.69, 9.17) is 0 Å². The van der Waals surface area contributed by atoms with Gasteiger partial charge in [0, 0.05) is 10.7 Å². The second-order valence-electron chi connectivity index (χ2n) is 5.86. The molecular formula is C12H16N2O4S. The quantitative estimate of drug-likeness (QED) is 0.714. The van der Waals surface area contributed by atoms with Gasteiger partial charge >= 0.3 is 5.97 Å². The highest BCUT2D eigenvalue weighted by atomic mass is 32.2. The molecule has 1 aliphatic carbocycles. The van der Waals surface area contributed by atoms with Crippen LogP contribution in [-0.2, 0) is 14.4 Å². The molecule has 0 aromatic heterocycles. The average molecular weight is 284 g/mol. The molecule has 2 heterocycles. The number of nitrogens with one attached hydrogen (secondary N) is 1. The number of β-lactam (4-membered cyclic amide) rings is 1. The zero-order valence-electron chi connectivity index (χ0n) is 10.8. The van der Waals surface area contributed by atoms with Gasteiger partial charge in [0.15, 0.2) is 0 Å². The van der Waals surface area contributed by atoms with Crippen molar-refractivity contribution in [3.05, 3.63) is 0 Å². The number of hydrogen-bond donors (Lipinski definition) is 2. The van der Waals surface area contributed by atoms with Gasteiger partial charge < -0.3 is 15.3 Å². The molecule has 2 aliphatic heterocycles. The monoisotopic (exact) mass is 284 g/mol. The lowest BCUT2D eigenvalue weighted by Gasteiger charge is -2.43. The Morgan fingerprint density at radius 3 is 2.58 bits per heavy atom. The van der Waals surface area contributed by atoms with Crippen LogP contribution in [0.1, 0.15) is 26.7 Å². The summed E-state index contributed by atoms with van der Waals surface area (Å²) in [5, 5.41) is 11.8. The van der Waals surface area contributed by atoms with Crippen LogP contribution >= 0.6 is 11.8 Å². The third kappa shape index (κ3) is 1.82. The highest BCUT2D eigenvalue weighted by Gasteiger charge is 2.64. The molecule has 7 heteroatoms. The van der Waals surface area contributed by atoms with E-state index in [1.54, 1.807) is 0 Å². The van der Waals surface area contributed by atoms with E-state index >= 15 is 0 Å². The Balaban J connectivity index is 1.74. The topological polar surface area (TPSA) is 86.7 Å². The zero-order chi connectivity index (χ0) is 13.9. The first-order valence-electron chi connectivity index (χ1n) is 6.36. The summed E-state index contributed by atoms with van der Waals surface area (Å²) >= 11 is 1.45. The lowest BCUT2D eigenvalue weighted by Crippen LogP contribution is -2.70. The van der Waals surface area contributed by atoms with Gasteiger partial charge in [0.05, 0.1) is 0 Å². The largest absolute Gasteiger partial charge is 0.480 e. The van der Waals surface area contributed by atoms with Gasteiger partial charge in [-0.25, -0.2) is 4.79 Å². The minimum absolute atomic E-state index is 0.0523. The Hall–Kier alpha value is -1.24.